The van der Waals surface area contributed by atoms with Crippen molar-refractivity contribution in [3.8, 4) is 5.75 Å². The number of para-hydroxylation sites is 1. The fourth-order valence-corrected chi connectivity index (χ4v) is 3.16. The van der Waals surface area contributed by atoms with Crippen LogP contribution in [-0.2, 0) is 11.3 Å². The summed E-state index contributed by atoms with van der Waals surface area (Å²) in [7, 11) is 1.71. The van der Waals surface area contributed by atoms with Crippen LogP contribution in [0.1, 0.15) is 37.7 Å². The number of unbranched alkanes of at least 4 members (excludes halogenated alkanes) is 3. The number of hydrogen-bond donors (Lipinski definition) is 1. The fraction of sp³-hybridized carbons (Fsp3) is 0.632. The zero-order chi connectivity index (χ0) is 17.2. The maximum Gasteiger partial charge on any atom is 0.222 e. The first-order chi connectivity index (χ1) is 11.7. The molecule has 1 fully saturated rings. The normalized spacial score (nSPS) is 14.3. The van der Waals surface area contributed by atoms with Gasteiger partial charge in [-0.2, -0.15) is 0 Å². The highest BCUT2D eigenvalue weighted by molar-refractivity contribution is 5.85. The molecule has 5 nitrogen and oxygen atoms in total. The molecule has 1 amide bonds. The largest absolute Gasteiger partial charge is 0.496 e. The van der Waals surface area contributed by atoms with Gasteiger partial charge in [0.2, 0.25) is 5.91 Å². The Hall–Kier alpha value is -1.01. The second-order valence-electron chi connectivity index (χ2n) is 6.42. The van der Waals surface area contributed by atoms with Crippen LogP contribution in [0, 0.1) is 0 Å². The molecular weight excluding hydrogens is 373 g/mol. The summed E-state index contributed by atoms with van der Waals surface area (Å²) in [6.07, 6.45) is 4.97. The van der Waals surface area contributed by atoms with Crippen molar-refractivity contribution in [2.24, 2.45) is 5.73 Å². The van der Waals surface area contributed by atoms with Gasteiger partial charge >= 0.3 is 0 Å². The summed E-state index contributed by atoms with van der Waals surface area (Å²) in [6, 6.07) is 8.15. The Morgan fingerprint density at radius 3 is 2.35 bits per heavy atom. The molecule has 26 heavy (non-hydrogen) atoms. The number of carbonyl (C=O) groups is 1. The first-order valence-electron chi connectivity index (χ1n) is 9.06. The number of rotatable bonds is 9. The molecule has 2 N–H and O–H groups in total. The molecule has 1 aliphatic heterocycles. The lowest BCUT2D eigenvalue weighted by Crippen LogP contribution is -2.48. The highest BCUT2D eigenvalue weighted by Gasteiger charge is 2.21. The van der Waals surface area contributed by atoms with Crippen molar-refractivity contribution in [1.82, 2.24) is 9.80 Å². The Bertz CT molecular complexity index is 509. The predicted octanol–water partition coefficient (Wildman–Crippen LogP) is 3.09. The molecule has 0 aromatic heterocycles. The van der Waals surface area contributed by atoms with E-state index < -0.39 is 0 Å². The van der Waals surface area contributed by atoms with Crippen LogP contribution in [0.15, 0.2) is 24.3 Å². The monoisotopic (exact) mass is 405 g/mol. The highest BCUT2D eigenvalue weighted by Crippen LogP contribution is 2.20. The molecule has 0 unspecified atom stereocenters. The molecule has 150 valence electrons. The predicted molar refractivity (Wildman–Crippen MR) is 111 cm³/mol. The van der Waals surface area contributed by atoms with Gasteiger partial charge < -0.3 is 15.4 Å². The van der Waals surface area contributed by atoms with E-state index in [9.17, 15) is 4.79 Å². The summed E-state index contributed by atoms with van der Waals surface area (Å²) in [5.74, 6) is 1.24. The van der Waals surface area contributed by atoms with Crippen molar-refractivity contribution in [2.75, 3.05) is 39.8 Å². The number of benzene rings is 1. The zero-order valence-corrected chi connectivity index (χ0v) is 17.3. The van der Waals surface area contributed by atoms with E-state index in [0.717, 1.165) is 70.7 Å². The average Bonchev–Trinajstić information content (AvgIpc) is 2.62. The van der Waals surface area contributed by atoms with Crippen molar-refractivity contribution < 1.29 is 9.53 Å². The third-order valence-corrected chi connectivity index (χ3v) is 4.66. The zero-order valence-electron chi connectivity index (χ0n) is 15.7. The SMILES string of the molecule is COc1ccccc1CN1CCN(C(=O)CCCCCCN)CC1.Cl.Cl. The Labute approximate surface area is 170 Å². The van der Waals surface area contributed by atoms with Gasteiger partial charge in [0.1, 0.15) is 5.75 Å². The van der Waals surface area contributed by atoms with Crippen molar-refractivity contribution >= 4 is 30.7 Å². The number of methoxy groups -OCH3 is 1. The molecular formula is C19H33Cl2N3O2. The number of nitrogens with two attached hydrogens (primary N) is 1. The second-order valence-corrected chi connectivity index (χ2v) is 6.42. The van der Waals surface area contributed by atoms with E-state index in [1.54, 1.807) is 7.11 Å². The van der Waals surface area contributed by atoms with Gasteiger partial charge in [-0.3, -0.25) is 9.69 Å². The molecule has 0 atom stereocenters. The van der Waals surface area contributed by atoms with Crippen LogP contribution in [0.2, 0.25) is 0 Å². The van der Waals surface area contributed by atoms with Crippen LogP contribution in [0.5, 0.6) is 5.75 Å². The van der Waals surface area contributed by atoms with E-state index in [1.807, 2.05) is 23.1 Å². The molecule has 1 aliphatic rings. The van der Waals surface area contributed by atoms with E-state index in [2.05, 4.69) is 11.0 Å². The summed E-state index contributed by atoms with van der Waals surface area (Å²) in [6.45, 7) is 5.15. The van der Waals surface area contributed by atoms with Gasteiger partial charge in [-0.1, -0.05) is 31.0 Å². The average molecular weight is 406 g/mol. The molecule has 0 bridgehead atoms. The lowest BCUT2D eigenvalue weighted by atomic mass is 10.1. The minimum absolute atomic E-state index is 0. The molecule has 1 aromatic carbocycles. The van der Waals surface area contributed by atoms with Crippen LogP contribution in [0.3, 0.4) is 0 Å². The van der Waals surface area contributed by atoms with Crippen LogP contribution < -0.4 is 10.5 Å². The van der Waals surface area contributed by atoms with Crippen molar-refractivity contribution in [1.29, 1.82) is 0 Å². The molecule has 1 heterocycles. The fourth-order valence-electron chi connectivity index (χ4n) is 3.16. The van der Waals surface area contributed by atoms with E-state index in [-0.39, 0.29) is 24.8 Å². The van der Waals surface area contributed by atoms with Gasteiger partial charge in [0.05, 0.1) is 7.11 Å². The number of ether oxygens (including phenoxy) is 1. The molecule has 0 aliphatic carbocycles. The summed E-state index contributed by atoms with van der Waals surface area (Å²) >= 11 is 0. The molecule has 1 saturated heterocycles. The Morgan fingerprint density at radius 1 is 1.04 bits per heavy atom. The number of amides is 1. The Balaban J connectivity index is 0.00000312. The number of piperazine rings is 1. The third kappa shape index (κ3) is 8.12. The van der Waals surface area contributed by atoms with Crippen LogP contribution >= 0.6 is 24.8 Å². The number of carbonyl (C=O) groups excluding carboxylic acids is 1. The van der Waals surface area contributed by atoms with Crippen LogP contribution in [-0.4, -0.2) is 55.5 Å². The van der Waals surface area contributed by atoms with Crippen molar-refractivity contribution in [3.63, 3.8) is 0 Å². The van der Waals surface area contributed by atoms with Crippen molar-refractivity contribution in [2.45, 2.75) is 38.6 Å². The van der Waals surface area contributed by atoms with E-state index in [1.165, 1.54) is 5.56 Å². The van der Waals surface area contributed by atoms with Gasteiger partial charge in [-0.05, 0) is 25.5 Å². The lowest BCUT2D eigenvalue weighted by Gasteiger charge is -2.35. The minimum Gasteiger partial charge on any atom is -0.496 e. The molecule has 0 saturated carbocycles. The Kier molecular flexibility index (Phi) is 13.6. The van der Waals surface area contributed by atoms with E-state index in [4.69, 9.17) is 10.5 Å². The summed E-state index contributed by atoms with van der Waals surface area (Å²) in [5, 5.41) is 0. The van der Waals surface area contributed by atoms with E-state index in [0.29, 0.717) is 12.3 Å². The second kappa shape index (κ2) is 14.1. The number of nitrogens with zero attached hydrogens (tertiary/aromatic N) is 2. The molecule has 7 heteroatoms. The number of halogens is 2. The summed E-state index contributed by atoms with van der Waals surface area (Å²) < 4.78 is 5.42. The quantitative estimate of drug-likeness (QED) is 0.641. The summed E-state index contributed by atoms with van der Waals surface area (Å²) in [5.41, 5.74) is 6.69. The van der Waals surface area contributed by atoms with E-state index >= 15 is 0 Å². The molecule has 1 aromatic rings. The van der Waals surface area contributed by atoms with Crippen LogP contribution in [0.4, 0.5) is 0 Å². The summed E-state index contributed by atoms with van der Waals surface area (Å²) in [4.78, 5) is 16.7. The molecule has 2 rings (SSSR count). The van der Waals surface area contributed by atoms with Gasteiger partial charge in [0.25, 0.3) is 0 Å². The molecule has 0 spiro atoms. The standard InChI is InChI=1S/C19H31N3O2.2ClH/c1-24-18-9-6-5-8-17(18)16-21-12-14-22(15-13-21)19(23)10-4-2-3-7-11-20;;/h5-6,8-9H,2-4,7,10-16,20H2,1H3;2*1H. The maximum absolute atomic E-state index is 12.3. The highest BCUT2D eigenvalue weighted by atomic mass is 35.5. The first-order valence-corrected chi connectivity index (χ1v) is 9.06. The first kappa shape index (κ1) is 25.0. The van der Waals surface area contributed by atoms with Gasteiger partial charge in [-0.25, -0.2) is 0 Å². The van der Waals surface area contributed by atoms with Crippen molar-refractivity contribution in [3.05, 3.63) is 29.8 Å². The third-order valence-electron chi connectivity index (χ3n) is 4.66. The van der Waals surface area contributed by atoms with Gasteiger partial charge in [-0.15, -0.1) is 24.8 Å². The lowest BCUT2D eigenvalue weighted by molar-refractivity contribution is -0.133. The topological polar surface area (TPSA) is 58.8 Å². The minimum atomic E-state index is 0. The van der Waals surface area contributed by atoms with Crippen LogP contribution in [0.25, 0.3) is 0 Å². The van der Waals surface area contributed by atoms with Gasteiger partial charge in [0, 0.05) is 44.7 Å². The smallest absolute Gasteiger partial charge is 0.222 e. The maximum atomic E-state index is 12.3. The number of hydrogen-bond acceptors (Lipinski definition) is 4. The Morgan fingerprint density at radius 2 is 1.69 bits per heavy atom. The molecule has 0 radical (unpaired) electrons. The van der Waals surface area contributed by atoms with Gasteiger partial charge in [0.15, 0.2) is 0 Å².